The molecule has 0 aliphatic heterocycles. The van der Waals surface area contributed by atoms with Gasteiger partial charge in [-0.25, -0.2) is 4.79 Å². The summed E-state index contributed by atoms with van der Waals surface area (Å²) in [4.78, 5) is 31.4. The number of hydrogen-bond donors (Lipinski definition) is 3. The van der Waals surface area contributed by atoms with Gasteiger partial charge in [0, 0.05) is 12.4 Å². The molecule has 150 valence electrons. The summed E-state index contributed by atoms with van der Waals surface area (Å²) >= 11 is 0. The topological polar surface area (TPSA) is 115 Å². The smallest absolute Gasteiger partial charge is 0.417 e. The molecule has 3 rings (SSSR count). The van der Waals surface area contributed by atoms with Gasteiger partial charge in [-0.15, -0.1) is 0 Å². The molecule has 1 amide bonds. The number of benzene rings is 1. The standard InChI is InChI=1S/C20H20N4O5/c1-27-15-7-5-8-16(28-2)17(15)24-20(26)29-18-14(9-11-22-19(18)25)23-12-13-6-3-4-10-21-13/h3-11H,12H2,1-2H3,(H,24,26)(H2,22,23,25). The molecule has 3 aromatic rings. The summed E-state index contributed by atoms with van der Waals surface area (Å²) in [5.74, 6) is 0.600. The van der Waals surface area contributed by atoms with Gasteiger partial charge in [-0.1, -0.05) is 12.1 Å². The highest BCUT2D eigenvalue weighted by atomic mass is 16.6. The van der Waals surface area contributed by atoms with Gasteiger partial charge in [-0.05, 0) is 30.3 Å². The number of amides is 1. The van der Waals surface area contributed by atoms with Crippen LogP contribution >= 0.6 is 0 Å². The fourth-order valence-electron chi connectivity index (χ4n) is 2.59. The van der Waals surface area contributed by atoms with Crippen LogP contribution < -0.4 is 30.4 Å². The van der Waals surface area contributed by atoms with E-state index >= 15 is 0 Å². The zero-order valence-electron chi connectivity index (χ0n) is 15.9. The second kappa shape index (κ2) is 9.27. The van der Waals surface area contributed by atoms with Crippen LogP contribution in [-0.2, 0) is 6.54 Å². The molecular formula is C20H20N4O5. The molecule has 3 N–H and O–H groups in total. The number of methoxy groups -OCH3 is 2. The molecule has 0 saturated carbocycles. The number of H-pyrrole nitrogens is 1. The number of para-hydroxylation sites is 1. The van der Waals surface area contributed by atoms with Crippen LogP contribution in [0.15, 0.2) is 59.7 Å². The summed E-state index contributed by atoms with van der Waals surface area (Å²) in [5, 5.41) is 5.60. The molecule has 0 saturated heterocycles. The predicted molar refractivity (Wildman–Crippen MR) is 108 cm³/mol. The highest BCUT2D eigenvalue weighted by molar-refractivity contribution is 5.91. The van der Waals surface area contributed by atoms with E-state index in [1.165, 1.54) is 20.4 Å². The van der Waals surface area contributed by atoms with Crippen molar-refractivity contribution >= 4 is 17.5 Å². The Morgan fingerprint density at radius 2 is 1.83 bits per heavy atom. The van der Waals surface area contributed by atoms with E-state index in [4.69, 9.17) is 14.2 Å². The van der Waals surface area contributed by atoms with Gasteiger partial charge in [0.05, 0.1) is 32.1 Å². The first-order valence-corrected chi connectivity index (χ1v) is 8.67. The number of nitrogens with zero attached hydrogens (tertiary/aromatic N) is 1. The lowest BCUT2D eigenvalue weighted by atomic mass is 10.2. The number of nitrogens with one attached hydrogen (secondary N) is 3. The molecule has 0 aliphatic carbocycles. The van der Waals surface area contributed by atoms with Crippen LogP contribution in [-0.4, -0.2) is 30.3 Å². The van der Waals surface area contributed by atoms with Crippen molar-refractivity contribution in [2.24, 2.45) is 0 Å². The lowest BCUT2D eigenvalue weighted by molar-refractivity contribution is 0.214. The first-order valence-electron chi connectivity index (χ1n) is 8.67. The lowest BCUT2D eigenvalue weighted by Crippen LogP contribution is -2.23. The van der Waals surface area contributed by atoms with Crippen molar-refractivity contribution in [3.8, 4) is 17.2 Å². The van der Waals surface area contributed by atoms with Crippen LogP contribution in [0.2, 0.25) is 0 Å². The van der Waals surface area contributed by atoms with Gasteiger partial charge in [0.25, 0.3) is 5.56 Å². The first kappa shape index (κ1) is 19.7. The molecule has 0 radical (unpaired) electrons. The van der Waals surface area contributed by atoms with Crippen LogP contribution in [0.5, 0.6) is 17.2 Å². The maximum Gasteiger partial charge on any atom is 0.417 e. The van der Waals surface area contributed by atoms with Gasteiger partial charge in [0.15, 0.2) is 0 Å². The molecule has 0 aliphatic rings. The van der Waals surface area contributed by atoms with Crippen LogP contribution in [0, 0.1) is 0 Å². The Morgan fingerprint density at radius 1 is 1.07 bits per heavy atom. The molecule has 2 aromatic heterocycles. The second-order valence-corrected chi connectivity index (χ2v) is 5.78. The van der Waals surface area contributed by atoms with E-state index < -0.39 is 11.7 Å². The number of carbonyl (C=O) groups excluding carboxylic acids is 1. The number of hydrogen-bond acceptors (Lipinski definition) is 7. The Hall–Kier alpha value is -4.01. The van der Waals surface area contributed by atoms with Gasteiger partial charge in [0.1, 0.15) is 17.2 Å². The van der Waals surface area contributed by atoms with E-state index in [0.717, 1.165) is 5.69 Å². The minimum atomic E-state index is -0.870. The average Bonchev–Trinajstić information content (AvgIpc) is 2.75. The molecular weight excluding hydrogens is 376 g/mol. The Labute approximate surface area is 166 Å². The monoisotopic (exact) mass is 396 g/mol. The van der Waals surface area contributed by atoms with Crippen LogP contribution in [0.3, 0.4) is 0 Å². The average molecular weight is 396 g/mol. The molecule has 9 heteroatoms. The van der Waals surface area contributed by atoms with Crippen molar-refractivity contribution < 1.29 is 19.0 Å². The summed E-state index contributed by atoms with van der Waals surface area (Å²) in [6.45, 7) is 0.350. The number of pyridine rings is 2. The van der Waals surface area contributed by atoms with Gasteiger partial charge in [-0.3, -0.25) is 15.1 Å². The first-order chi connectivity index (χ1) is 14.1. The predicted octanol–water partition coefficient (Wildman–Crippen LogP) is 3.01. The molecule has 1 aromatic carbocycles. The third-order valence-electron chi connectivity index (χ3n) is 3.95. The summed E-state index contributed by atoms with van der Waals surface area (Å²) in [6, 6.07) is 12.1. The minimum absolute atomic E-state index is 0.171. The van der Waals surface area contributed by atoms with E-state index in [2.05, 4.69) is 20.6 Å². The van der Waals surface area contributed by atoms with Crippen LogP contribution in [0.1, 0.15) is 5.69 Å². The third kappa shape index (κ3) is 4.83. The number of aromatic nitrogens is 2. The number of ether oxygens (including phenoxy) is 3. The maximum absolute atomic E-state index is 12.5. The van der Waals surface area contributed by atoms with Crippen molar-refractivity contribution in [1.29, 1.82) is 0 Å². The van der Waals surface area contributed by atoms with Crippen molar-refractivity contribution in [3.63, 3.8) is 0 Å². The van der Waals surface area contributed by atoms with Crippen molar-refractivity contribution in [2.45, 2.75) is 6.54 Å². The molecule has 2 heterocycles. The zero-order chi connectivity index (χ0) is 20.6. The van der Waals surface area contributed by atoms with Gasteiger partial charge in [-0.2, -0.15) is 0 Å². The molecule has 9 nitrogen and oxygen atoms in total. The van der Waals surface area contributed by atoms with Crippen molar-refractivity contribution in [1.82, 2.24) is 9.97 Å². The van der Waals surface area contributed by atoms with E-state index in [-0.39, 0.29) is 11.4 Å². The quantitative estimate of drug-likeness (QED) is 0.562. The SMILES string of the molecule is COc1cccc(OC)c1NC(=O)Oc1c(NCc2ccccn2)cc[nH]c1=O. The van der Waals surface area contributed by atoms with Crippen LogP contribution in [0.4, 0.5) is 16.2 Å². The lowest BCUT2D eigenvalue weighted by Gasteiger charge is -2.15. The number of rotatable bonds is 7. The van der Waals surface area contributed by atoms with Crippen molar-refractivity contribution in [3.05, 3.63) is 70.9 Å². The molecule has 0 spiro atoms. The second-order valence-electron chi connectivity index (χ2n) is 5.78. The summed E-state index contributed by atoms with van der Waals surface area (Å²) in [5.41, 5.74) is 0.847. The number of aromatic amines is 1. The van der Waals surface area contributed by atoms with Crippen LogP contribution in [0.25, 0.3) is 0 Å². The molecule has 0 atom stereocenters. The van der Waals surface area contributed by atoms with Crippen molar-refractivity contribution in [2.75, 3.05) is 24.9 Å². The molecule has 29 heavy (non-hydrogen) atoms. The fraction of sp³-hybridized carbons (Fsp3) is 0.150. The summed E-state index contributed by atoms with van der Waals surface area (Å²) < 4.78 is 15.8. The zero-order valence-corrected chi connectivity index (χ0v) is 15.9. The number of anilines is 2. The van der Waals surface area contributed by atoms with E-state index in [0.29, 0.717) is 23.7 Å². The highest BCUT2D eigenvalue weighted by Crippen LogP contribution is 2.34. The Kier molecular flexibility index (Phi) is 6.31. The highest BCUT2D eigenvalue weighted by Gasteiger charge is 2.18. The normalized spacial score (nSPS) is 10.1. The molecule has 0 unspecified atom stereocenters. The van der Waals surface area contributed by atoms with Gasteiger partial charge >= 0.3 is 6.09 Å². The van der Waals surface area contributed by atoms with E-state index in [1.807, 2.05) is 18.2 Å². The Bertz CT molecular complexity index is 1010. The van der Waals surface area contributed by atoms with E-state index in [9.17, 15) is 9.59 Å². The fourth-order valence-corrected chi connectivity index (χ4v) is 2.59. The Morgan fingerprint density at radius 3 is 2.48 bits per heavy atom. The van der Waals surface area contributed by atoms with Gasteiger partial charge < -0.3 is 24.5 Å². The van der Waals surface area contributed by atoms with E-state index in [1.54, 1.807) is 30.5 Å². The molecule has 0 fully saturated rings. The molecule has 0 bridgehead atoms. The van der Waals surface area contributed by atoms with Gasteiger partial charge in [0.2, 0.25) is 5.75 Å². The minimum Gasteiger partial charge on any atom is -0.494 e. The number of carbonyl (C=O) groups is 1. The Balaban J connectivity index is 1.78. The summed E-state index contributed by atoms with van der Waals surface area (Å²) in [6.07, 6.45) is 2.25. The largest absolute Gasteiger partial charge is 0.494 e. The maximum atomic E-state index is 12.5. The summed E-state index contributed by atoms with van der Waals surface area (Å²) in [7, 11) is 2.93. The third-order valence-corrected chi connectivity index (χ3v) is 3.95.